The first-order chi connectivity index (χ1) is 8.38. The molecule has 1 aromatic heterocycles. The maximum atomic E-state index is 5.66. The quantitative estimate of drug-likeness (QED) is 0.768. The minimum absolute atomic E-state index is 0.252. The summed E-state index contributed by atoms with van der Waals surface area (Å²) in [5, 5.41) is 7.93. The molecule has 0 aliphatic carbocycles. The van der Waals surface area contributed by atoms with E-state index in [0.717, 1.165) is 25.1 Å². The zero-order valence-corrected chi connectivity index (χ0v) is 10.0. The van der Waals surface area contributed by atoms with Crippen molar-refractivity contribution in [1.29, 1.82) is 0 Å². The number of alkyl halides is 1. The van der Waals surface area contributed by atoms with Crippen molar-refractivity contribution in [3.8, 4) is 0 Å². The molecule has 0 amide bonds. The third-order valence-corrected chi connectivity index (χ3v) is 3.14. The van der Waals surface area contributed by atoms with Gasteiger partial charge in [-0.05, 0) is 24.5 Å². The van der Waals surface area contributed by atoms with E-state index in [1.165, 1.54) is 5.56 Å². The SMILES string of the molecule is ClCc1nnc(N2CCCc3ccccc32)o1. The minimum Gasteiger partial charge on any atom is -0.406 e. The van der Waals surface area contributed by atoms with Gasteiger partial charge < -0.3 is 4.42 Å². The fourth-order valence-corrected chi connectivity index (χ4v) is 2.25. The normalized spacial score (nSPS) is 14.8. The van der Waals surface area contributed by atoms with Crippen LogP contribution in [-0.4, -0.2) is 16.7 Å². The average molecular weight is 250 g/mol. The first kappa shape index (κ1) is 10.6. The van der Waals surface area contributed by atoms with Crippen LogP contribution in [0, 0.1) is 0 Å². The van der Waals surface area contributed by atoms with Gasteiger partial charge in [0, 0.05) is 12.2 Å². The molecule has 0 saturated heterocycles. The number of fused-ring (bicyclic) bond motifs is 1. The Hall–Kier alpha value is -1.55. The highest BCUT2D eigenvalue weighted by molar-refractivity contribution is 6.16. The Morgan fingerprint density at radius 2 is 2.18 bits per heavy atom. The lowest BCUT2D eigenvalue weighted by atomic mass is 10.0. The maximum Gasteiger partial charge on any atom is 0.322 e. The van der Waals surface area contributed by atoms with Gasteiger partial charge in [-0.2, -0.15) is 0 Å². The Morgan fingerprint density at radius 1 is 1.29 bits per heavy atom. The fraction of sp³-hybridized carbons (Fsp3) is 0.333. The summed E-state index contributed by atoms with van der Waals surface area (Å²) in [6.07, 6.45) is 2.19. The van der Waals surface area contributed by atoms with Gasteiger partial charge in [0.15, 0.2) is 0 Å². The second kappa shape index (κ2) is 4.37. The van der Waals surface area contributed by atoms with E-state index < -0.39 is 0 Å². The largest absolute Gasteiger partial charge is 0.406 e. The van der Waals surface area contributed by atoms with Gasteiger partial charge >= 0.3 is 6.01 Å². The molecule has 0 spiro atoms. The van der Waals surface area contributed by atoms with Crippen molar-refractivity contribution in [3.63, 3.8) is 0 Å². The molecular formula is C12H12ClN3O. The molecule has 2 heterocycles. The van der Waals surface area contributed by atoms with Crippen LogP contribution in [0.5, 0.6) is 0 Å². The molecule has 1 aliphatic heterocycles. The van der Waals surface area contributed by atoms with Crippen LogP contribution >= 0.6 is 11.6 Å². The van der Waals surface area contributed by atoms with Crippen molar-refractivity contribution >= 4 is 23.3 Å². The van der Waals surface area contributed by atoms with Gasteiger partial charge in [0.2, 0.25) is 5.89 Å². The predicted molar refractivity (Wildman–Crippen MR) is 65.6 cm³/mol. The third kappa shape index (κ3) is 1.89. The number of aryl methyl sites for hydroxylation is 1. The second-order valence-electron chi connectivity index (χ2n) is 4.00. The predicted octanol–water partition coefficient (Wildman–Crippen LogP) is 2.89. The molecule has 0 atom stereocenters. The number of rotatable bonds is 2. The molecule has 17 heavy (non-hydrogen) atoms. The van der Waals surface area contributed by atoms with E-state index in [9.17, 15) is 0 Å². The average Bonchev–Trinajstić information content (AvgIpc) is 2.87. The monoisotopic (exact) mass is 249 g/mol. The number of hydrogen-bond donors (Lipinski definition) is 0. The Labute approximate surface area is 104 Å². The summed E-state index contributed by atoms with van der Waals surface area (Å²) in [5.74, 6) is 0.715. The van der Waals surface area contributed by atoms with E-state index in [4.69, 9.17) is 16.0 Å². The molecule has 4 nitrogen and oxygen atoms in total. The molecule has 88 valence electrons. The van der Waals surface area contributed by atoms with Crippen LogP contribution in [-0.2, 0) is 12.3 Å². The van der Waals surface area contributed by atoms with Gasteiger partial charge in [0.1, 0.15) is 5.88 Å². The molecular weight excluding hydrogens is 238 g/mol. The fourth-order valence-electron chi connectivity index (χ4n) is 2.14. The van der Waals surface area contributed by atoms with Crippen LogP contribution in [0.4, 0.5) is 11.7 Å². The zero-order valence-electron chi connectivity index (χ0n) is 9.27. The Balaban J connectivity index is 1.99. The van der Waals surface area contributed by atoms with Gasteiger partial charge in [0.05, 0.1) is 0 Å². The lowest BCUT2D eigenvalue weighted by Gasteiger charge is -2.27. The summed E-state index contributed by atoms with van der Waals surface area (Å²) in [7, 11) is 0. The molecule has 2 aromatic rings. The van der Waals surface area contributed by atoms with E-state index in [1.54, 1.807) is 0 Å². The topological polar surface area (TPSA) is 42.2 Å². The first-order valence-corrected chi connectivity index (χ1v) is 6.16. The summed E-state index contributed by atoms with van der Waals surface area (Å²) >= 11 is 5.66. The van der Waals surface area contributed by atoms with Crippen LogP contribution in [0.15, 0.2) is 28.7 Å². The highest BCUT2D eigenvalue weighted by Gasteiger charge is 2.21. The Bertz CT molecular complexity index is 526. The molecule has 0 radical (unpaired) electrons. The summed E-state index contributed by atoms with van der Waals surface area (Å²) < 4.78 is 5.50. The molecule has 5 heteroatoms. The summed E-state index contributed by atoms with van der Waals surface area (Å²) in [4.78, 5) is 2.06. The lowest BCUT2D eigenvalue weighted by molar-refractivity contribution is 0.507. The number of halogens is 1. The lowest BCUT2D eigenvalue weighted by Crippen LogP contribution is -2.24. The van der Waals surface area contributed by atoms with Crippen LogP contribution < -0.4 is 4.90 Å². The van der Waals surface area contributed by atoms with Crippen LogP contribution in [0.2, 0.25) is 0 Å². The van der Waals surface area contributed by atoms with E-state index in [-0.39, 0.29) is 5.88 Å². The maximum absolute atomic E-state index is 5.66. The molecule has 0 saturated carbocycles. The number of anilines is 2. The molecule has 1 aliphatic rings. The molecule has 3 rings (SSSR count). The number of para-hydroxylation sites is 1. The highest BCUT2D eigenvalue weighted by Crippen LogP contribution is 2.32. The van der Waals surface area contributed by atoms with Crippen molar-refractivity contribution in [3.05, 3.63) is 35.7 Å². The smallest absolute Gasteiger partial charge is 0.322 e. The van der Waals surface area contributed by atoms with Crippen LogP contribution in [0.1, 0.15) is 17.9 Å². The number of nitrogens with zero attached hydrogens (tertiary/aromatic N) is 3. The Kier molecular flexibility index (Phi) is 2.73. The van der Waals surface area contributed by atoms with E-state index in [2.05, 4.69) is 33.3 Å². The van der Waals surface area contributed by atoms with Gasteiger partial charge in [-0.3, -0.25) is 4.90 Å². The van der Waals surface area contributed by atoms with Gasteiger partial charge in [-0.1, -0.05) is 23.3 Å². The number of aromatic nitrogens is 2. The van der Waals surface area contributed by atoms with Crippen molar-refractivity contribution < 1.29 is 4.42 Å². The van der Waals surface area contributed by atoms with Crippen molar-refractivity contribution in [2.75, 3.05) is 11.4 Å². The van der Waals surface area contributed by atoms with Crippen molar-refractivity contribution in [2.24, 2.45) is 0 Å². The molecule has 1 aromatic carbocycles. The molecule has 0 bridgehead atoms. The summed E-state index contributed by atoms with van der Waals surface area (Å²) in [6, 6.07) is 8.84. The molecule has 0 unspecified atom stereocenters. The standard InChI is InChI=1S/C12H12ClN3O/c13-8-11-14-15-12(17-11)16-7-3-5-9-4-1-2-6-10(9)16/h1-2,4,6H,3,5,7-8H2. The van der Waals surface area contributed by atoms with Gasteiger partial charge in [0.25, 0.3) is 0 Å². The third-order valence-electron chi connectivity index (χ3n) is 2.91. The van der Waals surface area contributed by atoms with Crippen LogP contribution in [0.3, 0.4) is 0 Å². The minimum atomic E-state index is 0.252. The summed E-state index contributed by atoms with van der Waals surface area (Å²) in [5.41, 5.74) is 2.48. The number of hydrogen-bond acceptors (Lipinski definition) is 4. The summed E-state index contributed by atoms with van der Waals surface area (Å²) in [6.45, 7) is 0.904. The van der Waals surface area contributed by atoms with Crippen molar-refractivity contribution in [1.82, 2.24) is 10.2 Å². The van der Waals surface area contributed by atoms with Gasteiger partial charge in [-0.25, -0.2) is 0 Å². The second-order valence-corrected chi connectivity index (χ2v) is 4.26. The van der Waals surface area contributed by atoms with E-state index >= 15 is 0 Å². The zero-order chi connectivity index (χ0) is 11.7. The van der Waals surface area contributed by atoms with Crippen molar-refractivity contribution in [2.45, 2.75) is 18.7 Å². The van der Waals surface area contributed by atoms with Crippen LogP contribution in [0.25, 0.3) is 0 Å². The Morgan fingerprint density at radius 3 is 3.00 bits per heavy atom. The highest BCUT2D eigenvalue weighted by atomic mass is 35.5. The van der Waals surface area contributed by atoms with Gasteiger partial charge in [-0.15, -0.1) is 16.7 Å². The molecule has 0 fully saturated rings. The first-order valence-electron chi connectivity index (χ1n) is 5.62. The van der Waals surface area contributed by atoms with E-state index in [1.807, 2.05) is 6.07 Å². The van der Waals surface area contributed by atoms with E-state index in [0.29, 0.717) is 11.9 Å². The molecule has 0 N–H and O–H groups in total. The number of benzene rings is 1.